The molecule has 1 heterocycles. The molecule has 1 aromatic carbocycles. The molecule has 25 heavy (non-hydrogen) atoms. The van der Waals surface area contributed by atoms with Gasteiger partial charge in [-0.15, -0.1) is 0 Å². The van der Waals surface area contributed by atoms with Crippen LogP contribution in [0.5, 0.6) is 5.75 Å². The van der Waals surface area contributed by atoms with Gasteiger partial charge in [-0.3, -0.25) is 0 Å². The zero-order chi connectivity index (χ0) is 18.5. The number of hydrogen-bond acceptors (Lipinski definition) is 2. The fourth-order valence-electron chi connectivity index (χ4n) is 2.71. The van der Waals surface area contributed by atoms with Crippen LogP contribution < -0.4 is 4.74 Å². The first-order valence-corrected chi connectivity index (χ1v) is 12.4. The van der Waals surface area contributed by atoms with E-state index in [1.807, 2.05) is 6.26 Å². The molecule has 1 aliphatic rings. The van der Waals surface area contributed by atoms with Gasteiger partial charge in [0.25, 0.3) is 0 Å². The zero-order valence-corrected chi connectivity index (χ0v) is 17.4. The molecule has 0 N–H and O–H groups in total. The average Bonchev–Trinajstić information content (AvgIpc) is 2.52. The molecule has 1 aromatic rings. The average molecular weight is 365 g/mol. The number of ether oxygens (including phenoxy) is 1. The molecule has 2 rings (SSSR count). The lowest BCUT2D eigenvalue weighted by molar-refractivity contribution is 0.160. The molecular formula is C21H33FO2Si. The maximum Gasteiger partial charge on any atom is 0.249 e. The minimum Gasteiger partial charge on any atom is -0.549 e. The summed E-state index contributed by atoms with van der Waals surface area (Å²) in [5.41, 5.74) is 1.00. The van der Waals surface area contributed by atoms with Crippen molar-refractivity contribution in [3.63, 3.8) is 0 Å². The van der Waals surface area contributed by atoms with E-state index in [1.54, 1.807) is 12.1 Å². The molecule has 0 spiro atoms. The Balaban J connectivity index is 1.64. The normalized spacial score (nSPS) is 18.1. The SMILES string of the molecule is CC(C)(C)[Si](C)(C)OC=CCCCC[C@@H]1CCc2cc(F)ccc2O1. The zero-order valence-electron chi connectivity index (χ0n) is 16.4. The van der Waals surface area contributed by atoms with Gasteiger partial charge in [-0.2, -0.15) is 0 Å². The molecule has 0 aliphatic carbocycles. The summed E-state index contributed by atoms with van der Waals surface area (Å²) in [7, 11) is -1.67. The van der Waals surface area contributed by atoms with Crippen LogP contribution in [0.4, 0.5) is 4.39 Å². The van der Waals surface area contributed by atoms with E-state index in [9.17, 15) is 4.39 Å². The van der Waals surface area contributed by atoms with Gasteiger partial charge in [-0.05, 0) is 80.4 Å². The van der Waals surface area contributed by atoms with Crippen molar-refractivity contribution in [2.75, 3.05) is 0 Å². The minimum absolute atomic E-state index is 0.174. The third-order valence-corrected chi connectivity index (χ3v) is 9.80. The quantitative estimate of drug-likeness (QED) is 0.308. The highest BCUT2D eigenvalue weighted by molar-refractivity contribution is 6.74. The molecule has 1 atom stereocenters. The van der Waals surface area contributed by atoms with Crippen LogP contribution in [0.1, 0.15) is 58.4 Å². The van der Waals surface area contributed by atoms with Crippen LogP contribution in [-0.4, -0.2) is 14.4 Å². The molecule has 2 nitrogen and oxygen atoms in total. The highest BCUT2D eigenvalue weighted by Crippen LogP contribution is 2.36. The monoisotopic (exact) mass is 364 g/mol. The van der Waals surface area contributed by atoms with Crippen molar-refractivity contribution in [1.29, 1.82) is 0 Å². The van der Waals surface area contributed by atoms with Crippen LogP contribution in [0.2, 0.25) is 18.1 Å². The van der Waals surface area contributed by atoms with E-state index in [0.29, 0.717) is 0 Å². The predicted molar refractivity (Wildman–Crippen MR) is 105 cm³/mol. The van der Waals surface area contributed by atoms with Gasteiger partial charge in [0.05, 0.1) is 12.4 Å². The third kappa shape index (κ3) is 5.88. The molecule has 140 valence electrons. The van der Waals surface area contributed by atoms with Crippen LogP contribution in [0.25, 0.3) is 0 Å². The van der Waals surface area contributed by atoms with Gasteiger partial charge in [-0.25, -0.2) is 4.39 Å². The Bertz CT molecular complexity index is 590. The van der Waals surface area contributed by atoms with Gasteiger partial charge >= 0.3 is 0 Å². The summed E-state index contributed by atoms with van der Waals surface area (Å²) in [6.07, 6.45) is 10.6. The summed E-state index contributed by atoms with van der Waals surface area (Å²) in [5, 5.41) is 0.245. The van der Waals surface area contributed by atoms with E-state index < -0.39 is 8.32 Å². The minimum atomic E-state index is -1.67. The summed E-state index contributed by atoms with van der Waals surface area (Å²) in [6, 6.07) is 4.84. The van der Waals surface area contributed by atoms with Crippen molar-refractivity contribution in [3.05, 3.63) is 41.9 Å². The van der Waals surface area contributed by atoms with Gasteiger partial charge in [0, 0.05) is 0 Å². The lowest BCUT2D eigenvalue weighted by Crippen LogP contribution is -2.39. The third-order valence-electron chi connectivity index (χ3n) is 5.46. The molecule has 0 unspecified atom stereocenters. The summed E-state index contributed by atoms with van der Waals surface area (Å²) in [4.78, 5) is 0. The number of allylic oxidation sites excluding steroid dienone is 1. The Kier molecular flexibility index (Phi) is 6.72. The standard InChI is InChI=1S/C21H33FO2Si/c1-21(2,3)25(4,5)23-15-9-7-6-8-10-19-13-11-17-16-18(22)12-14-20(17)24-19/h9,12,14-16,19H,6-8,10-11,13H2,1-5H3/t19-/m1/s1. The lowest BCUT2D eigenvalue weighted by atomic mass is 9.98. The first kappa shape index (κ1) is 20.0. The first-order chi connectivity index (χ1) is 11.7. The molecule has 0 fully saturated rings. The molecule has 0 aromatic heterocycles. The number of rotatable bonds is 7. The summed E-state index contributed by atoms with van der Waals surface area (Å²) < 4.78 is 25.2. The molecular weight excluding hydrogens is 331 g/mol. The number of aryl methyl sites for hydroxylation is 1. The van der Waals surface area contributed by atoms with E-state index >= 15 is 0 Å². The van der Waals surface area contributed by atoms with E-state index in [2.05, 4.69) is 39.9 Å². The second-order valence-corrected chi connectivity index (χ2v) is 13.3. The Morgan fingerprint density at radius 3 is 2.76 bits per heavy atom. The van der Waals surface area contributed by atoms with Gasteiger partial charge in [-0.1, -0.05) is 26.8 Å². The van der Waals surface area contributed by atoms with Crippen molar-refractivity contribution in [1.82, 2.24) is 0 Å². The van der Waals surface area contributed by atoms with Gasteiger partial charge in [0.1, 0.15) is 11.6 Å². The van der Waals surface area contributed by atoms with Crippen molar-refractivity contribution in [2.45, 2.75) is 83.5 Å². The molecule has 0 saturated heterocycles. The van der Waals surface area contributed by atoms with E-state index in [1.165, 1.54) is 6.07 Å². The van der Waals surface area contributed by atoms with E-state index in [-0.39, 0.29) is 17.0 Å². The summed E-state index contributed by atoms with van der Waals surface area (Å²) in [5.74, 6) is 0.688. The predicted octanol–water partition coefficient (Wildman–Crippen LogP) is 6.62. The Morgan fingerprint density at radius 1 is 1.28 bits per heavy atom. The van der Waals surface area contributed by atoms with Crippen molar-refractivity contribution >= 4 is 8.32 Å². The second-order valence-electron chi connectivity index (χ2n) is 8.56. The van der Waals surface area contributed by atoms with Crippen LogP contribution in [-0.2, 0) is 10.8 Å². The lowest BCUT2D eigenvalue weighted by Gasteiger charge is -2.34. The second kappa shape index (κ2) is 8.39. The molecule has 0 amide bonds. The molecule has 0 bridgehead atoms. The summed E-state index contributed by atoms with van der Waals surface area (Å²) >= 11 is 0. The van der Waals surface area contributed by atoms with Crippen LogP contribution >= 0.6 is 0 Å². The molecule has 1 aliphatic heterocycles. The summed E-state index contributed by atoms with van der Waals surface area (Å²) in [6.45, 7) is 11.3. The smallest absolute Gasteiger partial charge is 0.249 e. The van der Waals surface area contributed by atoms with E-state index in [4.69, 9.17) is 9.16 Å². The highest BCUT2D eigenvalue weighted by atomic mass is 28.4. The molecule has 0 saturated carbocycles. The van der Waals surface area contributed by atoms with Crippen molar-refractivity contribution in [3.8, 4) is 5.75 Å². The van der Waals surface area contributed by atoms with E-state index in [0.717, 1.165) is 49.8 Å². The van der Waals surface area contributed by atoms with Crippen molar-refractivity contribution < 1.29 is 13.6 Å². The van der Waals surface area contributed by atoms with Crippen LogP contribution in [0, 0.1) is 5.82 Å². The molecule has 0 radical (unpaired) electrons. The fourth-order valence-corrected chi connectivity index (χ4v) is 3.50. The largest absolute Gasteiger partial charge is 0.549 e. The van der Waals surface area contributed by atoms with Crippen LogP contribution in [0.3, 0.4) is 0 Å². The maximum absolute atomic E-state index is 13.2. The Hall–Kier alpha value is -1.29. The van der Waals surface area contributed by atoms with Crippen molar-refractivity contribution in [2.24, 2.45) is 0 Å². The van der Waals surface area contributed by atoms with Crippen LogP contribution in [0.15, 0.2) is 30.5 Å². The topological polar surface area (TPSA) is 18.5 Å². The highest BCUT2D eigenvalue weighted by Gasteiger charge is 2.37. The van der Waals surface area contributed by atoms with Gasteiger partial charge in [0.2, 0.25) is 8.32 Å². The van der Waals surface area contributed by atoms with Gasteiger partial charge < -0.3 is 9.16 Å². The number of unbranched alkanes of at least 4 members (excludes halogenated alkanes) is 2. The number of fused-ring (bicyclic) bond motifs is 1. The van der Waals surface area contributed by atoms with Gasteiger partial charge in [0.15, 0.2) is 0 Å². The number of halogens is 1. The Labute approximate surface area is 153 Å². The maximum atomic E-state index is 13.2. The Morgan fingerprint density at radius 2 is 2.04 bits per heavy atom. The number of hydrogen-bond donors (Lipinski definition) is 0. The number of benzene rings is 1. The molecule has 4 heteroatoms. The first-order valence-electron chi connectivity index (χ1n) is 9.47. The fraction of sp³-hybridized carbons (Fsp3) is 0.619.